The quantitative estimate of drug-likeness (QED) is 0.520. The van der Waals surface area contributed by atoms with Gasteiger partial charge in [0.15, 0.2) is 9.84 Å². The minimum Gasteiger partial charge on any atom is -0.362 e. The van der Waals surface area contributed by atoms with Gasteiger partial charge >= 0.3 is 0 Å². The molecule has 0 radical (unpaired) electrons. The monoisotopic (exact) mass is 507 g/mol. The highest BCUT2D eigenvalue weighted by Crippen LogP contribution is 2.32. The van der Waals surface area contributed by atoms with Gasteiger partial charge in [0, 0.05) is 43.2 Å². The van der Waals surface area contributed by atoms with Gasteiger partial charge in [-0.1, -0.05) is 23.7 Å². The first-order valence-corrected chi connectivity index (χ1v) is 13.8. The molecular weight excluding hydrogens is 482 g/mol. The molecule has 0 atom stereocenters. The summed E-state index contributed by atoms with van der Waals surface area (Å²) in [7, 11) is 0.464. The summed E-state index contributed by atoms with van der Waals surface area (Å²) in [6, 6.07) is 8.15. The number of hydrogen-bond donors (Lipinski definition) is 2. The van der Waals surface area contributed by atoms with Crippen LogP contribution in [-0.2, 0) is 9.84 Å². The number of sulfone groups is 1. The van der Waals surface area contributed by atoms with Gasteiger partial charge in [-0.3, -0.25) is 4.79 Å². The van der Waals surface area contributed by atoms with E-state index >= 15 is 0 Å². The molecule has 2 aromatic heterocycles. The van der Waals surface area contributed by atoms with Crippen molar-refractivity contribution in [3.8, 4) is 0 Å². The highest BCUT2D eigenvalue weighted by Gasteiger charge is 2.27. The average Bonchev–Trinajstić information content (AvgIpc) is 3.16. The van der Waals surface area contributed by atoms with Gasteiger partial charge in [0.25, 0.3) is 5.91 Å². The van der Waals surface area contributed by atoms with Gasteiger partial charge in [-0.25, -0.2) is 13.4 Å². The van der Waals surface area contributed by atoms with E-state index in [1.807, 2.05) is 43.3 Å². The fourth-order valence-electron chi connectivity index (χ4n) is 4.01. The first-order valence-electron chi connectivity index (χ1n) is 10.6. The molecule has 4 rings (SSSR count). The number of hydrogen-bond acceptors (Lipinski definition) is 8. The van der Waals surface area contributed by atoms with Gasteiger partial charge in [-0.05, 0) is 37.8 Å². The molecule has 8 nitrogen and oxygen atoms in total. The molecule has 33 heavy (non-hydrogen) atoms. The summed E-state index contributed by atoms with van der Waals surface area (Å²) < 4.78 is 23.5. The normalized spacial score (nSPS) is 18.8. The number of nitrogens with zero attached hydrogens (tertiary/aromatic N) is 3. The van der Waals surface area contributed by atoms with E-state index in [9.17, 15) is 13.2 Å². The van der Waals surface area contributed by atoms with Gasteiger partial charge in [0.2, 0.25) is 5.95 Å². The zero-order chi connectivity index (χ0) is 23.8. The third-order valence-electron chi connectivity index (χ3n) is 5.71. The highest BCUT2D eigenvalue weighted by atomic mass is 35.5. The number of amides is 1. The zero-order valence-electron chi connectivity index (χ0n) is 18.6. The molecule has 0 aliphatic heterocycles. The van der Waals surface area contributed by atoms with Crippen molar-refractivity contribution in [2.45, 2.75) is 42.7 Å². The average molecular weight is 508 g/mol. The van der Waals surface area contributed by atoms with Gasteiger partial charge < -0.3 is 15.5 Å². The Kier molecular flexibility index (Phi) is 6.78. The summed E-state index contributed by atoms with van der Waals surface area (Å²) in [6.07, 6.45) is 4.37. The fourth-order valence-corrected chi connectivity index (χ4v) is 6.83. The number of carbonyl (C=O) groups excluding carboxylic acids is 1. The maximum absolute atomic E-state index is 12.7. The van der Waals surface area contributed by atoms with Crippen molar-refractivity contribution >= 4 is 61.4 Å². The molecular formula is C22H26ClN5O3S2. The Hall–Kier alpha value is -2.43. The second kappa shape index (κ2) is 9.44. The summed E-state index contributed by atoms with van der Waals surface area (Å²) in [5.41, 5.74) is 0.890. The first-order chi connectivity index (χ1) is 15.6. The van der Waals surface area contributed by atoms with Crippen LogP contribution in [0.4, 0.5) is 11.8 Å². The molecule has 176 valence electrons. The lowest BCUT2D eigenvalue weighted by molar-refractivity contribution is 0.0930. The van der Waals surface area contributed by atoms with Crippen molar-refractivity contribution in [2.24, 2.45) is 0 Å². The van der Waals surface area contributed by atoms with Gasteiger partial charge in [0.05, 0.1) is 15.4 Å². The Balaban J connectivity index is 1.38. The van der Waals surface area contributed by atoms with Crippen LogP contribution in [-0.4, -0.2) is 56.7 Å². The molecule has 1 aliphatic rings. The van der Waals surface area contributed by atoms with Crippen molar-refractivity contribution in [1.82, 2.24) is 15.3 Å². The zero-order valence-corrected chi connectivity index (χ0v) is 21.0. The number of thiophene rings is 1. The molecule has 2 heterocycles. The van der Waals surface area contributed by atoms with Crippen LogP contribution in [0.15, 0.2) is 34.5 Å². The fraction of sp³-hybridized carbons (Fsp3) is 0.409. The molecule has 1 saturated carbocycles. The Morgan fingerprint density at radius 3 is 2.42 bits per heavy atom. The van der Waals surface area contributed by atoms with Crippen molar-refractivity contribution < 1.29 is 13.2 Å². The van der Waals surface area contributed by atoms with Crippen LogP contribution in [0, 0.1) is 0 Å². The van der Waals surface area contributed by atoms with Gasteiger partial charge in [-0.15, -0.1) is 11.3 Å². The van der Waals surface area contributed by atoms with Crippen LogP contribution in [0.25, 0.3) is 10.9 Å². The number of carbonyl (C=O) groups is 1. The molecule has 11 heteroatoms. The van der Waals surface area contributed by atoms with Crippen molar-refractivity contribution in [3.05, 3.63) is 39.5 Å². The SMILES string of the molecule is CN(C)c1nc(N[C@H]2CC[C@@H](NC(=O)c3scc(S(C)(=O)=O)c3Cl)CC2)nc2ccccc12. The summed E-state index contributed by atoms with van der Waals surface area (Å²) in [4.78, 5) is 24.2. The van der Waals surface area contributed by atoms with Crippen molar-refractivity contribution in [1.29, 1.82) is 0 Å². The lowest BCUT2D eigenvalue weighted by Crippen LogP contribution is -2.40. The van der Waals surface area contributed by atoms with Crippen LogP contribution in [0.5, 0.6) is 0 Å². The van der Waals surface area contributed by atoms with Crippen molar-refractivity contribution in [3.63, 3.8) is 0 Å². The van der Waals surface area contributed by atoms with Crippen LogP contribution in [0.3, 0.4) is 0 Å². The third kappa shape index (κ3) is 5.23. The van der Waals surface area contributed by atoms with E-state index in [1.54, 1.807) is 0 Å². The Morgan fingerprint density at radius 1 is 1.12 bits per heavy atom. The molecule has 0 bridgehead atoms. The summed E-state index contributed by atoms with van der Waals surface area (Å²) >= 11 is 7.20. The predicted molar refractivity (Wildman–Crippen MR) is 133 cm³/mol. The van der Waals surface area contributed by atoms with Gasteiger partial charge in [-0.2, -0.15) is 4.98 Å². The Morgan fingerprint density at radius 2 is 1.79 bits per heavy atom. The molecule has 1 fully saturated rings. The summed E-state index contributed by atoms with van der Waals surface area (Å²) in [5, 5.41) is 8.88. The topological polar surface area (TPSA) is 104 Å². The molecule has 0 saturated heterocycles. The Bertz CT molecular complexity index is 1280. The largest absolute Gasteiger partial charge is 0.362 e. The molecule has 0 spiro atoms. The highest BCUT2D eigenvalue weighted by molar-refractivity contribution is 7.91. The smallest absolute Gasteiger partial charge is 0.263 e. The van der Waals surface area contributed by atoms with Crippen LogP contribution in [0.2, 0.25) is 5.02 Å². The molecule has 1 aromatic carbocycles. The number of anilines is 2. The second-order valence-corrected chi connectivity index (χ2v) is 11.7. The molecule has 2 N–H and O–H groups in total. The molecule has 3 aromatic rings. The number of halogens is 1. The van der Waals surface area contributed by atoms with Crippen LogP contribution in [0.1, 0.15) is 35.4 Å². The lowest BCUT2D eigenvalue weighted by atomic mass is 9.91. The predicted octanol–water partition coefficient (Wildman–Crippen LogP) is 3.97. The maximum Gasteiger partial charge on any atom is 0.263 e. The molecule has 1 aliphatic carbocycles. The summed E-state index contributed by atoms with van der Waals surface area (Å²) in [5.74, 6) is 1.14. The number of fused-ring (bicyclic) bond motifs is 1. The third-order valence-corrected chi connectivity index (χ3v) is 8.57. The number of benzene rings is 1. The lowest BCUT2D eigenvalue weighted by Gasteiger charge is -2.30. The maximum atomic E-state index is 12.7. The van der Waals surface area contributed by atoms with Crippen LogP contribution >= 0.6 is 22.9 Å². The molecule has 0 unspecified atom stereocenters. The minimum atomic E-state index is -3.46. The molecule has 1 amide bonds. The van der Waals surface area contributed by atoms with E-state index in [4.69, 9.17) is 16.6 Å². The van der Waals surface area contributed by atoms with E-state index < -0.39 is 9.84 Å². The van der Waals surface area contributed by atoms with E-state index in [0.29, 0.717) is 5.95 Å². The van der Waals surface area contributed by atoms with Crippen molar-refractivity contribution in [2.75, 3.05) is 30.6 Å². The second-order valence-electron chi connectivity index (χ2n) is 8.46. The van der Waals surface area contributed by atoms with E-state index in [1.165, 1.54) is 5.38 Å². The number of para-hydroxylation sites is 1. The Labute approximate surface area is 202 Å². The standard InChI is InChI=1S/C22H26ClN5O3S2/c1-28(2)20-15-6-4-5-7-16(15)26-22(27-20)25-14-10-8-13(9-11-14)24-21(29)19-18(23)17(12-32-19)33(3,30)31/h4-7,12-14H,8-11H2,1-3H3,(H,24,29)(H,25,26,27)/t13-,14+. The van der Waals surface area contributed by atoms with E-state index in [2.05, 4.69) is 15.6 Å². The number of nitrogens with one attached hydrogen (secondary N) is 2. The van der Waals surface area contributed by atoms with Crippen LogP contribution < -0.4 is 15.5 Å². The number of rotatable bonds is 6. The number of aromatic nitrogens is 2. The first kappa shape index (κ1) is 23.7. The summed E-state index contributed by atoms with van der Waals surface area (Å²) in [6.45, 7) is 0. The van der Waals surface area contributed by atoms with E-state index in [0.717, 1.165) is 60.0 Å². The minimum absolute atomic E-state index is 0.000275. The van der Waals surface area contributed by atoms with E-state index in [-0.39, 0.29) is 32.8 Å². The van der Waals surface area contributed by atoms with Gasteiger partial charge in [0.1, 0.15) is 10.7 Å².